The second kappa shape index (κ2) is 6.66. The maximum absolute atomic E-state index is 13.6. The summed E-state index contributed by atoms with van der Waals surface area (Å²) in [6.07, 6.45) is 1.20. The van der Waals surface area contributed by atoms with E-state index in [1.165, 1.54) is 0 Å². The van der Waals surface area contributed by atoms with Gasteiger partial charge in [0.15, 0.2) is 17.3 Å². The molecule has 2 aliphatic rings. The number of H-pyrrole nitrogens is 1. The molecule has 2 aromatic carbocycles. The van der Waals surface area contributed by atoms with E-state index >= 15 is 0 Å². The molecule has 0 aliphatic carbocycles. The van der Waals surface area contributed by atoms with Crippen molar-refractivity contribution in [2.45, 2.75) is 13.1 Å². The van der Waals surface area contributed by atoms with E-state index in [0.29, 0.717) is 34.2 Å². The summed E-state index contributed by atoms with van der Waals surface area (Å²) in [6.45, 7) is 2.05. The quantitative estimate of drug-likeness (QED) is 0.514. The minimum absolute atomic E-state index is 0.124. The average Bonchev–Trinajstić information content (AvgIpc) is 3.53. The van der Waals surface area contributed by atoms with E-state index in [4.69, 9.17) is 13.9 Å². The molecular formula is C23H18N4O4. The number of furan rings is 1. The molecule has 2 aliphatic heterocycles. The number of nitrogens with zero attached hydrogens (tertiary/aromatic N) is 2. The van der Waals surface area contributed by atoms with Gasteiger partial charge in [-0.1, -0.05) is 12.1 Å². The van der Waals surface area contributed by atoms with Crippen molar-refractivity contribution in [3.8, 4) is 23.0 Å². The zero-order chi connectivity index (χ0) is 20.9. The van der Waals surface area contributed by atoms with Crippen molar-refractivity contribution in [3.63, 3.8) is 0 Å². The Morgan fingerprint density at radius 1 is 1.06 bits per heavy atom. The number of ether oxygens (including phenoxy) is 2. The molecule has 0 bridgehead atoms. The number of para-hydroxylation sites is 1. The number of aromatic amines is 1. The molecular weight excluding hydrogens is 396 g/mol. The molecule has 8 heteroatoms. The molecule has 154 valence electrons. The van der Waals surface area contributed by atoms with Gasteiger partial charge in [-0.2, -0.15) is 5.10 Å². The molecule has 8 nitrogen and oxygen atoms in total. The molecule has 1 amide bonds. The Balaban J connectivity index is 1.51. The lowest BCUT2D eigenvalue weighted by atomic mass is 10.0. The first-order valence-electron chi connectivity index (χ1n) is 9.88. The molecule has 4 heterocycles. The highest BCUT2D eigenvalue weighted by atomic mass is 16.7. The lowest BCUT2D eigenvalue weighted by molar-refractivity contribution is 0.0975. The number of benzene rings is 2. The first-order valence-corrected chi connectivity index (χ1v) is 9.88. The summed E-state index contributed by atoms with van der Waals surface area (Å²) < 4.78 is 16.8. The number of fused-ring (bicyclic) bond motifs is 2. The molecule has 0 radical (unpaired) electrons. The Labute approximate surface area is 177 Å². The van der Waals surface area contributed by atoms with E-state index in [1.54, 1.807) is 11.1 Å². The van der Waals surface area contributed by atoms with Crippen LogP contribution in [-0.4, -0.2) is 22.9 Å². The lowest BCUT2D eigenvalue weighted by Crippen LogP contribution is -2.43. The Morgan fingerprint density at radius 3 is 2.81 bits per heavy atom. The number of nitrogens with one attached hydrogen (secondary N) is 2. The van der Waals surface area contributed by atoms with Gasteiger partial charge in [-0.15, -0.1) is 0 Å². The zero-order valence-corrected chi connectivity index (χ0v) is 16.6. The summed E-state index contributed by atoms with van der Waals surface area (Å²) in [4.78, 5) is 15.3. The molecule has 1 unspecified atom stereocenters. The summed E-state index contributed by atoms with van der Waals surface area (Å²) >= 11 is 0. The largest absolute Gasteiger partial charge is 0.460 e. The third-order valence-corrected chi connectivity index (χ3v) is 5.51. The van der Waals surface area contributed by atoms with Crippen LogP contribution in [-0.2, 0) is 0 Å². The highest BCUT2D eigenvalue weighted by molar-refractivity contribution is 6.12. The summed E-state index contributed by atoms with van der Waals surface area (Å²) in [5.41, 5.74) is 3.54. The molecule has 4 aromatic rings. The number of hydrogen-bond acceptors (Lipinski definition) is 6. The van der Waals surface area contributed by atoms with Gasteiger partial charge in [0.2, 0.25) is 6.79 Å². The van der Waals surface area contributed by atoms with E-state index in [2.05, 4.69) is 15.5 Å². The SMILES string of the molecule is Cc1ccc(-c2[nH]ncc2C2Nc3ccccc3C(=O)N2c2ccc3c(c2)OCO3)o1. The van der Waals surface area contributed by atoms with E-state index in [9.17, 15) is 4.79 Å². The van der Waals surface area contributed by atoms with Gasteiger partial charge in [-0.3, -0.25) is 14.8 Å². The molecule has 0 saturated heterocycles. The molecule has 31 heavy (non-hydrogen) atoms. The van der Waals surface area contributed by atoms with Gasteiger partial charge in [0.1, 0.15) is 17.6 Å². The highest BCUT2D eigenvalue weighted by Gasteiger charge is 2.37. The van der Waals surface area contributed by atoms with Gasteiger partial charge in [-0.25, -0.2) is 0 Å². The number of aryl methyl sites for hydroxylation is 1. The second-order valence-corrected chi connectivity index (χ2v) is 7.42. The van der Waals surface area contributed by atoms with Crippen LogP contribution in [0.15, 0.2) is 65.2 Å². The van der Waals surface area contributed by atoms with Crippen molar-refractivity contribution in [1.29, 1.82) is 0 Å². The molecule has 0 saturated carbocycles. The van der Waals surface area contributed by atoms with Crippen LogP contribution >= 0.6 is 0 Å². The van der Waals surface area contributed by atoms with Gasteiger partial charge in [0, 0.05) is 17.3 Å². The van der Waals surface area contributed by atoms with E-state index in [1.807, 2.05) is 61.5 Å². The fourth-order valence-corrected chi connectivity index (χ4v) is 4.04. The average molecular weight is 414 g/mol. The maximum Gasteiger partial charge on any atom is 0.262 e. The zero-order valence-electron chi connectivity index (χ0n) is 16.6. The summed E-state index contributed by atoms with van der Waals surface area (Å²) in [5.74, 6) is 2.59. The van der Waals surface area contributed by atoms with Crippen LogP contribution in [0.4, 0.5) is 11.4 Å². The fraction of sp³-hybridized carbons (Fsp3) is 0.130. The normalized spacial score (nSPS) is 16.9. The highest BCUT2D eigenvalue weighted by Crippen LogP contribution is 2.42. The van der Waals surface area contributed by atoms with Gasteiger partial charge < -0.3 is 19.2 Å². The predicted molar refractivity (Wildman–Crippen MR) is 113 cm³/mol. The van der Waals surface area contributed by atoms with Crippen LogP contribution < -0.4 is 19.7 Å². The van der Waals surface area contributed by atoms with Gasteiger partial charge in [-0.05, 0) is 43.3 Å². The summed E-state index contributed by atoms with van der Waals surface area (Å²) in [7, 11) is 0. The Bertz CT molecular complexity index is 1310. The first-order chi connectivity index (χ1) is 15.2. The van der Waals surface area contributed by atoms with Crippen molar-refractivity contribution in [2.75, 3.05) is 17.0 Å². The number of hydrogen-bond donors (Lipinski definition) is 2. The number of aromatic nitrogens is 2. The summed E-state index contributed by atoms with van der Waals surface area (Å²) in [6, 6.07) is 16.7. The molecule has 0 spiro atoms. The standard InChI is InChI=1S/C23H18N4O4/c1-13-6-8-19(31-13)21-16(11-24-26-21)22-25-17-5-3-2-4-15(17)23(28)27(22)14-7-9-18-20(10-14)30-12-29-18/h2-11,22,25H,12H2,1H3,(H,24,26). The number of carbonyl (C=O) groups excluding carboxylic acids is 1. The lowest BCUT2D eigenvalue weighted by Gasteiger charge is -2.37. The Hall–Kier alpha value is -4.20. The van der Waals surface area contributed by atoms with Crippen LogP contribution in [0.3, 0.4) is 0 Å². The molecule has 6 rings (SSSR count). The van der Waals surface area contributed by atoms with E-state index in [-0.39, 0.29) is 12.7 Å². The van der Waals surface area contributed by atoms with Gasteiger partial charge in [0.25, 0.3) is 5.91 Å². The van der Waals surface area contributed by atoms with Crippen molar-refractivity contribution < 1.29 is 18.7 Å². The number of amides is 1. The fourth-order valence-electron chi connectivity index (χ4n) is 4.04. The Kier molecular flexibility index (Phi) is 3.79. The maximum atomic E-state index is 13.6. The van der Waals surface area contributed by atoms with E-state index in [0.717, 1.165) is 17.0 Å². The van der Waals surface area contributed by atoms with Crippen molar-refractivity contribution in [2.24, 2.45) is 0 Å². The van der Waals surface area contributed by atoms with Gasteiger partial charge >= 0.3 is 0 Å². The predicted octanol–water partition coefficient (Wildman–Crippen LogP) is 4.48. The number of carbonyl (C=O) groups is 1. The van der Waals surface area contributed by atoms with Crippen LogP contribution in [0.2, 0.25) is 0 Å². The van der Waals surface area contributed by atoms with Crippen molar-refractivity contribution in [3.05, 3.63) is 77.7 Å². The second-order valence-electron chi connectivity index (χ2n) is 7.42. The molecule has 1 atom stereocenters. The van der Waals surface area contributed by atoms with Crippen LogP contribution in [0.5, 0.6) is 11.5 Å². The third-order valence-electron chi connectivity index (χ3n) is 5.51. The summed E-state index contributed by atoms with van der Waals surface area (Å²) in [5, 5.41) is 10.8. The monoisotopic (exact) mass is 414 g/mol. The van der Waals surface area contributed by atoms with E-state index < -0.39 is 6.17 Å². The minimum Gasteiger partial charge on any atom is -0.460 e. The van der Waals surface area contributed by atoms with Crippen molar-refractivity contribution >= 4 is 17.3 Å². The van der Waals surface area contributed by atoms with Crippen molar-refractivity contribution in [1.82, 2.24) is 10.2 Å². The minimum atomic E-state index is -0.512. The Morgan fingerprint density at radius 2 is 1.94 bits per heavy atom. The molecule has 0 fully saturated rings. The number of anilines is 2. The number of rotatable bonds is 3. The smallest absolute Gasteiger partial charge is 0.262 e. The van der Waals surface area contributed by atoms with Crippen LogP contribution in [0, 0.1) is 6.92 Å². The molecule has 2 aromatic heterocycles. The van der Waals surface area contributed by atoms with Crippen LogP contribution in [0.1, 0.15) is 27.8 Å². The molecule has 2 N–H and O–H groups in total. The first kappa shape index (κ1) is 17.6. The third kappa shape index (κ3) is 2.76. The topological polar surface area (TPSA) is 92.6 Å². The van der Waals surface area contributed by atoms with Gasteiger partial charge in [0.05, 0.1) is 17.4 Å². The van der Waals surface area contributed by atoms with Crippen LogP contribution in [0.25, 0.3) is 11.5 Å².